The van der Waals surface area contributed by atoms with Gasteiger partial charge in [0.1, 0.15) is 11.9 Å². The van der Waals surface area contributed by atoms with Gasteiger partial charge in [-0.3, -0.25) is 0 Å². The Hall–Kier alpha value is -2.11. The summed E-state index contributed by atoms with van der Waals surface area (Å²) in [4.78, 5) is 26.3. The summed E-state index contributed by atoms with van der Waals surface area (Å²) in [5, 5.41) is 2.74. The first-order valence-electron chi connectivity index (χ1n) is 7.61. The van der Waals surface area contributed by atoms with E-state index < -0.39 is 6.04 Å². The zero-order valence-electron chi connectivity index (χ0n) is 12.4. The Balaban J connectivity index is 1.74. The highest BCUT2D eigenvalue weighted by Crippen LogP contribution is 2.43. The Morgan fingerprint density at radius 2 is 2.05 bits per heavy atom. The van der Waals surface area contributed by atoms with Crippen molar-refractivity contribution < 1.29 is 18.7 Å². The number of hydrogen-bond acceptors (Lipinski definition) is 3. The summed E-state index contributed by atoms with van der Waals surface area (Å²) in [6.45, 7) is 2.06. The van der Waals surface area contributed by atoms with Crippen LogP contribution in [0, 0.1) is 11.7 Å². The van der Waals surface area contributed by atoms with Crippen LogP contribution in [0.1, 0.15) is 26.2 Å². The van der Waals surface area contributed by atoms with Crippen molar-refractivity contribution in [2.75, 3.05) is 11.9 Å². The average Bonchev–Trinajstić information content (AvgIpc) is 3.10. The molecule has 1 aromatic rings. The first kappa shape index (κ1) is 14.8. The highest BCUT2D eigenvalue weighted by molar-refractivity contribution is 5.93. The minimum Gasteiger partial charge on any atom is -0.464 e. The number of nitrogens with one attached hydrogen (secondary N) is 1. The second-order valence-electron chi connectivity index (χ2n) is 5.77. The first-order valence-corrected chi connectivity index (χ1v) is 7.61. The smallest absolute Gasteiger partial charge is 0.329 e. The maximum atomic E-state index is 12.9. The lowest BCUT2D eigenvalue weighted by molar-refractivity contribution is -0.149. The fourth-order valence-electron chi connectivity index (χ4n) is 3.53. The number of piperidine rings is 1. The molecule has 2 amide bonds. The fraction of sp³-hybridized carbons (Fsp3) is 0.500. The van der Waals surface area contributed by atoms with Crippen molar-refractivity contribution in [3.8, 4) is 0 Å². The number of likely N-dealkylation sites (tertiary alicyclic amines) is 1. The number of anilines is 1. The fourth-order valence-corrected chi connectivity index (χ4v) is 3.53. The Kier molecular flexibility index (Phi) is 4.00. The number of amides is 2. The summed E-state index contributed by atoms with van der Waals surface area (Å²) < 4.78 is 18.0. The monoisotopic (exact) mass is 306 g/mol. The van der Waals surface area contributed by atoms with Crippen LogP contribution in [0.4, 0.5) is 14.9 Å². The van der Waals surface area contributed by atoms with Gasteiger partial charge in [0.25, 0.3) is 0 Å². The molecule has 2 bridgehead atoms. The second-order valence-corrected chi connectivity index (χ2v) is 5.77. The molecule has 0 aromatic heterocycles. The van der Waals surface area contributed by atoms with E-state index in [1.165, 1.54) is 24.3 Å². The molecule has 118 valence electrons. The Morgan fingerprint density at radius 3 is 2.73 bits per heavy atom. The van der Waals surface area contributed by atoms with Crippen LogP contribution < -0.4 is 5.32 Å². The Labute approximate surface area is 128 Å². The summed E-state index contributed by atoms with van der Waals surface area (Å²) in [6, 6.07) is 4.83. The number of carbonyl (C=O) groups excluding carboxylic acids is 2. The van der Waals surface area contributed by atoms with Crippen molar-refractivity contribution in [3.05, 3.63) is 30.1 Å². The maximum Gasteiger partial charge on any atom is 0.329 e. The van der Waals surface area contributed by atoms with Crippen LogP contribution in [-0.4, -0.2) is 35.6 Å². The SMILES string of the molecule is CCOC(=O)[C@@H]1[C@H]2CC[C@@H](C2)N1C(=O)Nc1ccc(F)cc1. The molecular formula is C16H19FN2O3. The molecule has 3 rings (SSSR count). The van der Waals surface area contributed by atoms with Gasteiger partial charge in [0.2, 0.25) is 0 Å². The number of esters is 1. The number of halogens is 1. The summed E-state index contributed by atoms with van der Waals surface area (Å²) in [7, 11) is 0. The number of fused-ring (bicyclic) bond motifs is 2. The topological polar surface area (TPSA) is 58.6 Å². The quantitative estimate of drug-likeness (QED) is 0.874. The third-order valence-electron chi connectivity index (χ3n) is 4.44. The molecule has 22 heavy (non-hydrogen) atoms. The van der Waals surface area contributed by atoms with Crippen molar-refractivity contribution in [3.63, 3.8) is 0 Å². The van der Waals surface area contributed by atoms with E-state index >= 15 is 0 Å². The molecular weight excluding hydrogens is 287 g/mol. The number of carbonyl (C=O) groups is 2. The summed E-state index contributed by atoms with van der Waals surface area (Å²) in [5.74, 6) is -0.505. The molecule has 0 spiro atoms. The average molecular weight is 306 g/mol. The van der Waals surface area contributed by atoms with Gasteiger partial charge in [-0.05, 0) is 56.4 Å². The molecule has 2 fully saturated rings. The third-order valence-corrected chi connectivity index (χ3v) is 4.44. The maximum absolute atomic E-state index is 12.9. The van der Waals surface area contributed by atoms with Crippen LogP contribution >= 0.6 is 0 Å². The van der Waals surface area contributed by atoms with Gasteiger partial charge >= 0.3 is 12.0 Å². The number of nitrogens with zero attached hydrogens (tertiary/aromatic N) is 1. The molecule has 1 heterocycles. The van der Waals surface area contributed by atoms with Crippen molar-refractivity contribution in [1.29, 1.82) is 0 Å². The zero-order chi connectivity index (χ0) is 15.7. The third kappa shape index (κ3) is 2.65. The summed E-state index contributed by atoms with van der Waals surface area (Å²) >= 11 is 0. The van der Waals surface area contributed by atoms with Crippen molar-refractivity contribution in [2.45, 2.75) is 38.3 Å². The Bertz CT molecular complexity index is 575. The molecule has 1 aliphatic carbocycles. The number of hydrogen-bond donors (Lipinski definition) is 1. The van der Waals surface area contributed by atoms with E-state index in [1.807, 2.05) is 0 Å². The number of rotatable bonds is 3. The van der Waals surface area contributed by atoms with E-state index in [2.05, 4.69) is 5.32 Å². The zero-order valence-corrected chi connectivity index (χ0v) is 12.4. The molecule has 5 nitrogen and oxygen atoms in total. The molecule has 6 heteroatoms. The van der Waals surface area contributed by atoms with Crippen LogP contribution in [0.2, 0.25) is 0 Å². The molecule has 0 unspecified atom stereocenters. The molecule has 3 atom stereocenters. The molecule has 1 N–H and O–H groups in total. The number of ether oxygens (including phenoxy) is 1. The second kappa shape index (κ2) is 5.94. The highest BCUT2D eigenvalue weighted by atomic mass is 19.1. The van der Waals surface area contributed by atoms with Gasteiger partial charge in [-0.1, -0.05) is 0 Å². The highest BCUT2D eigenvalue weighted by Gasteiger charge is 2.52. The van der Waals surface area contributed by atoms with E-state index in [0.717, 1.165) is 19.3 Å². The minimum absolute atomic E-state index is 0.0832. The summed E-state index contributed by atoms with van der Waals surface area (Å²) in [6.07, 6.45) is 2.71. The Morgan fingerprint density at radius 1 is 1.32 bits per heavy atom. The van der Waals surface area contributed by atoms with Crippen molar-refractivity contribution in [2.24, 2.45) is 5.92 Å². The number of urea groups is 1. The van der Waals surface area contributed by atoms with Gasteiger partial charge < -0.3 is 15.0 Å². The largest absolute Gasteiger partial charge is 0.464 e. The van der Waals surface area contributed by atoms with Crippen LogP contribution in [-0.2, 0) is 9.53 Å². The van der Waals surface area contributed by atoms with E-state index in [9.17, 15) is 14.0 Å². The van der Waals surface area contributed by atoms with Crippen molar-refractivity contribution in [1.82, 2.24) is 4.90 Å². The molecule has 1 aromatic carbocycles. The first-order chi connectivity index (χ1) is 10.6. The van der Waals surface area contributed by atoms with Crippen LogP contribution in [0.5, 0.6) is 0 Å². The van der Waals surface area contributed by atoms with Gasteiger partial charge in [0.15, 0.2) is 0 Å². The van der Waals surface area contributed by atoms with Gasteiger partial charge in [0.05, 0.1) is 6.61 Å². The van der Waals surface area contributed by atoms with E-state index in [0.29, 0.717) is 12.3 Å². The van der Waals surface area contributed by atoms with E-state index in [1.54, 1.807) is 11.8 Å². The number of benzene rings is 1. The normalized spacial score (nSPS) is 26.1. The van der Waals surface area contributed by atoms with E-state index in [-0.39, 0.29) is 29.8 Å². The molecule has 1 saturated heterocycles. The van der Waals surface area contributed by atoms with Gasteiger partial charge in [-0.25, -0.2) is 14.0 Å². The van der Waals surface area contributed by atoms with Crippen molar-refractivity contribution >= 4 is 17.7 Å². The predicted octanol–water partition coefficient (Wildman–Crippen LogP) is 2.77. The van der Waals surface area contributed by atoms with E-state index in [4.69, 9.17) is 4.74 Å². The lowest BCUT2D eigenvalue weighted by atomic mass is 9.99. The van der Waals surface area contributed by atoms with Crippen LogP contribution in [0.25, 0.3) is 0 Å². The minimum atomic E-state index is -0.501. The van der Waals surface area contributed by atoms with Gasteiger partial charge in [-0.2, -0.15) is 0 Å². The van der Waals surface area contributed by atoms with Crippen LogP contribution in [0.15, 0.2) is 24.3 Å². The van der Waals surface area contributed by atoms with Gasteiger partial charge in [-0.15, -0.1) is 0 Å². The lowest BCUT2D eigenvalue weighted by Gasteiger charge is -2.33. The molecule has 0 radical (unpaired) electrons. The molecule has 2 aliphatic rings. The molecule has 1 aliphatic heterocycles. The van der Waals surface area contributed by atoms with Crippen LogP contribution in [0.3, 0.4) is 0 Å². The summed E-state index contributed by atoms with van der Waals surface area (Å²) in [5.41, 5.74) is 0.511. The molecule has 1 saturated carbocycles. The predicted molar refractivity (Wildman–Crippen MR) is 78.8 cm³/mol. The van der Waals surface area contributed by atoms with Gasteiger partial charge in [0, 0.05) is 11.7 Å². The standard InChI is InChI=1S/C16H19FN2O3/c1-2-22-15(20)14-10-3-8-13(9-10)19(14)16(21)18-12-6-4-11(17)5-7-12/h4-7,10,13-14H,2-3,8-9H2,1H3,(H,18,21)/t10-,13-,14-/m0/s1. The lowest BCUT2D eigenvalue weighted by Crippen LogP contribution is -2.51.